The molecule has 1 aliphatic rings. The van der Waals surface area contributed by atoms with Crippen LogP contribution in [-0.2, 0) is 4.74 Å². The molecule has 5 nitrogen and oxygen atoms in total. The van der Waals surface area contributed by atoms with Gasteiger partial charge in [0, 0.05) is 31.4 Å². The maximum atomic E-state index is 12.2. The Hall–Kier alpha value is -1.14. The summed E-state index contributed by atoms with van der Waals surface area (Å²) in [4.78, 5) is 16.4. The number of hydrogen-bond donors (Lipinski definition) is 2. The first-order valence-electron chi connectivity index (χ1n) is 6.27. The van der Waals surface area contributed by atoms with Gasteiger partial charge in [0.25, 0.3) is 5.91 Å². The van der Waals surface area contributed by atoms with Crippen LogP contribution in [0.5, 0.6) is 0 Å². The zero-order chi connectivity index (χ0) is 13.9. The van der Waals surface area contributed by atoms with E-state index in [4.69, 9.17) is 4.74 Å². The molecule has 0 radical (unpaired) electrons. The first kappa shape index (κ1) is 14.3. The van der Waals surface area contributed by atoms with Gasteiger partial charge in [0.05, 0.1) is 11.2 Å². The monoisotopic (exact) mass is 327 g/mol. The Morgan fingerprint density at radius 1 is 1.58 bits per heavy atom. The fourth-order valence-corrected chi connectivity index (χ4v) is 2.50. The van der Waals surface area contributed by atoms with Gasteiger partial charge >= 0.3 is 0 Å². The summed E-state index contributed by atoms with van der Waals surface area (Å²) in [6, 6.07) is 1.76. The molecule has 0 spiro atoms. The summed E-state index contributed by atoms with van der Waals surface area (Å²) in [6.45, 7) is 0.540. The molecule has 1 amide bonds. The summed E-state index contributed by atoms with van der Waals surface area (Å²) < 4.78 is 6.26. The first-order chi connectivity index (χ1) is 9.10. The second-order valence-electron chi connectivity index (χ2n) is 4.72. The molecule has 0 bridgehead atoms. The minimum absolute atomic E-state index is 0.138. The van der Waals surface area contributed by atoms with E-state index >= 15 is 0 Å². The van der Waals surface area contributed by atoms with Crippen molar-refractivity contribution in [3.63, 3.8) is 0 Å². The van der Waals surface area contributed by atoms with E-state index in [9.17, 15) is 4.79 Å². The molecule has 1 heterocycles. The molecule has 19 heavy (non-hydrogen) atoms. The highest BCUT2D eigenvalue weighted by atomic mass is 79.9. The van der Waals surface area contributed by atoms with Crippen molar-refractivity contribution >= 4 is 27.7 Å². The fourth-order valence-electron chi connectivity index (χ4n) is 2.17. The van der Waals surface area contributed by atoms with Crippen molar-refractivity contribution in [1.82, 2.24) is 10.3 Å². The van der Waals surface area contributed by atoms with E-state index in [1.54, 1.807) is 26.4 Å². The predicted molar refractivity (Wildman–Crippen MR) is 77.4 cm³/mol. The van der Waals surface area contributed by atoms with Crippen molar-refractivity contribution in [2.45, 2.75) is 24.9 Å². The summed E-state index contributed by atoms with van der Waals surface area (Å²) in [5, 5.41) is 5.85. The summed E-state index contributed by atoms with van der Waals surface area (Å²) in [5.74, 6) is 0.433. The van der Waals surface area contributed by atoms with Crippen LogP contribution in [0.1, 0.15) is 29.6 Å². The summed E-state index contributed by atoms with van der Waals surface area (Å²) >= 11 is 3.33. The Bertz CT molecular complexity index is 469. The van der Waals surface area contributed by atoms with E-state index in [0.717, 1.165) is 23.7 Å². The third-order valence-electron chi connectivity index (χ3n) is 3.60. The molecule has 0 saturated heterocycles. The van der Waals surface area contributed by atoms with E-state index in [2.05, 4.69) is 31.5 Å². The average Bonchev–Trinajstić information content (AvgIpc) is 2.37. The summed E-state index contributed by atoms with van der Waals surface area (Å²) in [5.41, 5.74) is 0.358. The fraction of sp³-hybridized carbons (Fsp3) is 0.538. The van der Waals surface area contributed by atoms with Crippen LogP contribution >= 0.6 is 15.9 Å². The van der Waals surface area contributed by atoms with Crippen LogP contribution in [0.15, 0.2) is 16.7 Å². The van der Waals surface area contributed by atoms with Gasteiger partial charge in [-0.05, 0) is 41.3 Å². The van der Waals surface area contributed by atoms with Gasteiger partial charge in [0.1, 0.15) is 5.82 Å². The number of nitrogens with zero attached hydrogens (tertiary/aromatic N) is 1. The molecule has 1 aromatic rings. The van der Waals surface area contributed by atoms with Gasteiger partial charge in [0.15, 0.2) is 0 Å². The maximum Gasteiger partial charge on any atom is 0.255 e. The van der Waals surface area contributed by atoms with E-state index in [1.807, 2.05) is 0 Å². The minimum Gasteiger partial charge on any atom is -0.376 e. The number of anilines is 1. The molecule has 104 valence electrons. The Kier molecular flexibility index (Phi) is 4.42. The highest BCUT2D eigenvalue weighted by molar-refractivity contribution is 9.10. The van der Waals surface area contributed by atoms with E-state index in [0.29, 0.717) is 17.9 Å². The second kappa shape index (κ2) is 5.88. The van der Waals surface area contributed by atoms with Crippen molar-refractivity contribution in [2.75, 3.05) is 26.0 Å². The topological polar surface area (TPSA) is 63.2 Å². The highest BCUT2D eigenvalue weighted by Crippen LogP contribution is 2.34. The number of aromatic nitrogens is 1. The summed E-state index contributed by atoms with van der Waals surface area (Å²) in [7, 11) is 3.45. The standard InChI is InChI=1S/C13H18BrN3O2/c1-15-11-10(6-9(14)7-16-11)12(18)17-8-13(19-2)4-3-5-13/h6-7H,3-5,8H2,1-2H3,(H,15,16)(H,17,18). The molecule has 2 rings (SSSR count). The van der Waals surface area contributed by atoms with Crippen molar-refractivity contribution < 1.29 is 9.53 Å². The van der Waals surface area contributed by atoms with Crippen LogP contribution in [0, 0.1) is 0 Å². The van der Waals surface area contributed by atoms with Gasteiger partial charge in [-0.3, -0.25) is 4.79 Å². The van der Waals surface area contributed by atoms with Gasteiger partial charge in [0.2, 0.25) is 0 Å². The smallest absolute Gasteiger partial charge is 0.255 e. The molecule has 0 atom stereocenters. The largest absolute Gasteiger partial charge is 0.376 e. The van der Waals surface area contributed by atoms with Crippen molar-refractivity contribution in [3.8, 4) is 0 Å². The number of halogens is 1. The molecule has 1 aromatic heterocycles. The number of pyridine rings is 1. The second-order valence-corrected chi connectivity index (χ2v) is 5.64. The number of methoxy groups -OCH3 is 1. The Balaban J connectivity index is 2.05. The SMILES string of the molecule is CNc1ncc(Br)cc1C(=O)NCC1(OC)CCC1. The molecule has 0 unspecified atom stereocenters. The zero-order valence-electron chi connectivity index (χ0n) is 11.1. The van der Waals surface area contributed by atoms with Crippen LogP contribution in [-0.4, -0.2) is 37.2 Å². The number of ether oxygens (including phenoxy) is 1. The van der Waals surface area contributed by atoms with Gasteiger partial charge < -0.3 is 15.4 Å². The number of hydrogen-bond acceptors (Lipinski definition) is 4. The van der Waals surface area contributed by atoms with Crippen molar-refractivity contribution in [3.05, 3.63) is 22.3 Å². The van der Waals surface area contributed by atoms with Crippen molar-refractivity contribution in [1.29, 1.82) is 0 Å². The number of amides is 1. The van der Waals surface area contributed by atoms with Crippen LogP contribution in [0.3, 0.4) is 0 Å². The molecule has 0 aliphatic heterocycles. The normalized spacial score (nSPS) is 16.6. The van der Waals surface area contributed by atoms with Gasteiger partial charge in [-0.25, -0.2) is 4.98 Å². The summed E-state index contributed by atoms with van der Waals surface area (Å²) in [6.07, 6.45) is 4.81. The van der Waals surface area contributed by atoms with Crippen LogP contribution in [0.4, 0.5) is 5.82 Å². The molecule has 1 aliphatic carbocycles. The predicted octanol–water partition coefficient (Wildman–Crippen LogP) is 2.18. The number of carbonyl (C=O) groups excluding carboxylic acids is 1. The Morgan fingerprint density at radius 2 is 2.32 bits per heavy atom. The third-order valence-corrected chi connectivity index (χ3v) is 4.04. The average molecular weight is 328 g/mol. The quantitative estimate of drug-likeness (QED) is 0.870. The molecule has 2 N–H and O–H groups in total. The lowest BCUT2D eigenvalue weighted by Crippen LogP contribution is -2.49. The number of nitrogens with one attached hydrogen (secondary N) is 2. The lowest BCUT2D eigenvalue weighted by molar-refractivity contribution is -0.0679. The van der Waals surface area contributed by atoms with E-state index < -0.39 is 0 Å². The van der Waals surface area contributed by atoms with E-state index in [1.165, 1.54) is 0 Å². The third kappa shape index (κ3) is 3.06. The molecule has 1 saturated carbocycles. The minimum atomic E-state index is -0.172. The van der Waals surface area contributed by atoms with Crippen molar-refractivity contribution in [2.24, 2.45) is 0 Å². The number of rotatable bonds is 5. The lowest BCUT2D eigenvalue weighted by Gasteiger charge is -2.40. The van der Waals surface area contributed by atoms with Crippen LogP contribution in [0.25, 0.3) is 0 Å². The van der Waals surface area contributed by atoms with Crippen LogP contribution in [0.2, 0.25) is 0 Å². The zero-order valence-corrected chi connectivity index (χ0v) is 12.7. The number of carbonyl (C=O) groups is 1. The molecule has 6 heteroatoms. The van der Waals surface area contributed by atoms with Gasteiger partial charge in [-0.15, -0.1) is 0 Å². The Labute approximate surface area is 121 Å². The van der Waals surface area contributed by atoms with E-state index in [-0.39, 0.29) is 11.5 Å². The maximum absolute atomic E-state index is 12.2. The highest BCUT2D eigenvalue weighted by Gasteiger charge is 2.37. The van der Waals surface area contributed by atoms with Gasteiger partial charge in [-0.2, -0.15) is 0 Å². The molecular weight excluding hydrogens is 310 g/mol. The first-order valence-corrected chi connectivity index (χ1v) is 7.06. The Morgan fingerprint density at radius 3 is 2.84 bits per heavy atom. The molecule has 0 aromatic carbocycles. The lowest BCUT2D eigenvalue weighted by atomic mass is 9.80. The molecule has 1 fully saturated rings. The van der Waals surface area contributed by atoms with Gasteiger partial charge in [-0.1, -0.05) is 0 Å². The van der Waals surface area contributed by atoms with Crippen LogP contribution < -0.4 is 10.6 Å². The molecular formula is C13H18BrN3O2.